The fourth-order valence-corrected chi connectivity index (χ4v) is 2.68. The number of rotatable bonds is 7. The van der Waals surface area contributed by atoms with E-state index in [1.54, 1.807) is 18.3 Å². The highest BCUT2D eigenvalue weighted by Gasteiger charge is 2.31. The molecular weight excluding hydrogens is 390 g/mol. The van der Waals surface area contributed by atoms with Gasteiger partial charge in [0.15, 0.2) is 0 Å². The van der Waals surface area contributed by atoms with Crippen LogP contribution in [0.2, 0.25) is 0 Å². The molecule has 0 saturated carbocycles. The average Bonchev–Trinajstić information content (AvgIpc) is 2.74. The number of benzene rings is 1. The van der Waals surface area contributed by atoms with Crippen LogP contribution in [0.4, 0.5) is 30.8 Å². The standard InChI is InChI=1S/C21H20F2N6O/c1-14-9-17(7-8-25-14)28-18-12-26-19(10-15(18)11-24)29-20(30)27-13-21(22,23)16-5-3-2-4-6-16/h2-12,24H,13H2,1H3,(H,25,28)(H2,26,27,29,30). The van der Waals surface area contributed by atoms with Gasteiger partial charge in [-0.1, -0.05) is 30.3 Å². The molecule has 2 aromatic heterocycles. The monoisotopic (exact) mass is 410 g/mol. The molecular formula is C21H20F2N6O. The normalized spacial score (nSPS) is 10.9. The molecule has 0 saturated heterocycles. The maximum absolute atomic E-state index is 14.2. The van der Waals surface area contributed by atoms with Crippen LogP contribution < -0.4 is 16.0 Å². The quantitative estimate of drug-likeness (QED) is 0.433. The van der Waals surface area contributed by atoms with Gasteiger partial charge >= 0.3 is 6.03 Å². The first-order chi connectivity index (χ1) is 14.4. The molecule has 7 nitrogen and oxygen atoms in total. The number of aromatic nitrogens is 2. The highest BCUT2D eigenvalue weighted by atomic mass is 19.3. The van der Waals surface area contributed by atoms with Crippen LogP contribution >= 0.6 is 0 Å². The van der Waals surface area contributed by atoms with E-state index in [1.807, 2.05) is 13.0 Å². The predicted molar refractivity (Wildman–Crippen MR) is 112 cm³/mol. The minimum absolute atomic E-state index is 0.130. The van der Waals surface area contributed by atoms with Crippen molar-refractivity contribution in [2.24, 2.45) is 0 Å². The summed E-state index contributed by atoms with van der Waals surface area (Å²) in [5.41, 5.74) is 2.43. The molecule has 0 aliphatic heterocycles. The van der Waals surface area contributed by atoms with Gasteiger partial charge in [-0.2, -0.15) is 8.78 Å². The second-order valence-corrected chi connectivity index (χ2v) is 6.49. The Bertz CT molecular complexity index is 1040. The number of aryl methyl sites for hydroxylation is 1. The molecule has 3 rings (SSSR count). The van der Waals surface area contributed by atoms with E-state index >= 15 is 0 Å². The number of pyridine rings is 2. The first-order valence-electron chi connectivity index (χ1n) is 9.06. The number of hydrogen-bond donors (Lipinski definition) is 4. The van der Waals surface area contributed by atoms with Crippen molar-refractivity contribution in [1.29, 1.82) is 5.41 Å². The van der Waals surface area contributed by atoms with Crippen LogP contribution in [0.25, 0.3) is 0 Å². The summed E-state index contributed by atoms with van der Waals surface area (Å²) in [6.07, 6.45) is 4.20. The van der Waals surface area contributed by atoms with Crippen LogP contribution in [0.1, 0.15) is 16.8 Å². The number of carbonyl (C=O) groups excluding carboxylic acids is 1. The van der Waals surface area contributed by atoms with Gasteiger partial charge in [-0.25, -0.2) is 9.78 Å². The Hall–Kier alpha value is -3.88. The van der Waals surface area contributed by atoms with E-state index in [-0.39, 0.29) is 11.4 Å². The summed E-state index contributed by atoms with van der Waals surface area (Å²) in [6.45, 7) is 0.995. The third kappa shape index (κ3) is 5.34. The molecule has 0 fully saturated rings. The van der Waals surface area contributed by atoms with Crippen molar-refractivity contribution in [3.05, 3.63) is 77.7 Å². The van der Waals surface area contributed by atoms with Crippen molar-refractivity contribution in [3.63, 3.8) is 0 Å². The zero-order valence-corrected chi connectivity index (χ0v) is 16.1. The van der Waals surface area contributed by atoms with E-state index in [9.17, 15) is 13.6 Å². The lowest BCUT2D eigenvalue weighted by Crippen LogP contribution is -2.37. The van der Waals surface area contributed by atoms with Crippen molar-refractivity contribution in [2.75, 3.05) is 17.2 Å². The number of halogens is 2. The van der Waals surface area contributed by atoms with Gasteiger partial charge in [0, 0.05) is 34.9 Å². The van der Waals surface area contributed by atoms with Crippen molar-refractivity contribution < 1.29 is 13.6 Å². The summed E-state index contributed by atoms with van der Waals surface area (Å²) in [6, 6.07) is 11.5. The second-order valence-electron chi connectivity index (χ2n) is 6.49. The van der Waals surface area contributed by atoms with E-state index in [4.69, 9.17) is 5.41 Å². The Morgan fingerprint density at radius 2 is 1.93 bits per heavy atom. The average molecular weight is 410 g/mol. The Kier molecular flexibility index (Phi) is 6.31. The minimum atomic E-state index is -3.21. The SMILES string of the molecule is Cc1cc(Nc2cnc(NC(=O)NCC(F)(F)c3ccccc3)cc2C=N)ccn1. The molecule has 0 radical (unpaired) electrons. The van der Waals surface area contributed by atoms with Crippen molar-refractivity contribution in [2.45, 2.75) is 12.8 Å². The van der Waals surface area contributed by atoms with E-state index in [2.05, 4.69) is 25.9 Å². The molecule has 154 valence electrons. The number of anilines is 3. The maximum Gasteiger partial charge on any atom is 0.320 e. The summed E-state index contributed by atoms with van der Waals surface area (Å²) >= 11 is 0. The molecule has 2 heterocycles. The number of carbonyl (C=O) groups is 1. The third-order valence-electron chi connectivity index (χ3n) is 4.18. The molecule has 3 aromatic rings. The number of hydrogen-bond acceptors (Lipinski definition) is 5. The minimum Gasteiger partial charge on any atom is -0.354 e. The summed E-state index contributed by atoms with van der Waals surface area (Å²) in [5, 5.41) is 15.3. The fourth-order valence-electron chi connectivity index (χ4n) is 2.68. The largest absolute Gasteiger partial charge is 0.354 e. The summed E-state index contributed by atoms with van der Waals surface area (Å²) in [7, 11) is 0. The van der Waals surface area contributed by atoms with Gasteiger partial charge in [-0.3, -0.25) is 10.3 Å². The number of alkyl halides is 2. The zero-order chi connectivity index (χ0) is 21.6. The number of nitrogens with one attached hydrogen (secondary N) is 4. The Balaban J connectivity index is 1.63. The van der Waals surface area contributed by atoms with Gasteiger partial charge in [0.2, 0.25) is 0 Å². The van der Waals surface area contributed by atoms with Gasteiger partial charge in [-0.15, -0.1) is 0 Å². The highest BCUT2D eigenvalue weighted by Crippen LogP contribution is 2.26. The van der Waals surface area contributed by atoms with Gasteiger partial charge in [-0.05, 0) is 25.1 Å². The molecule has 2 amide bonds. The molecule has 30 heavy (non-hydrogen) atoms. The molecule has 4 N–H and O–H groups in total. The van der Waals surface area contributed by atoms with Gasteiger partial charge in [0.25, 0.3) is 5.92 Å². The fraction of sp³-hybridized carbons (Fsp3) is 0.143. The van der Waals surface area contributed by atoms with Crippen LogP contribution in [-0.4, -0.2) is 28.8 Å². The molecule has 0 aliphatic carbocycles. The summed E-state index contributed by atoms with van der Waals surface area (Å²) < 4.78 is 28.3. The molecule has 0 spiro atoms. The van der Waals surface area contributed by atoms with Crippen LogP contribution in [-0.2, 0) is 5.92 Å². The number of urea groups is 1. The molecule has 0 atom stereocenters. The third-order valence-corrected chi connectivity index (χ3v) is 4.18. The smallest absolute Gasteiger partial charge is 0.320 e. The van der Waals surface area contributed by atoms with Crippen LogP contribution in [0.15, 0.2) is 60.9 Å². The topological polar surface area (TPSA) is 103 Å². The van der Waals surface area contributed by atoms with E-state index in [0.717, 1.165) is 17.6 Å². The van der Waals surface area contributed by atoms with Crippen molar-refractivity contribution in [1.82, 2.24) is 15.3 Å². The van der Waals surface area contributed by atoms with Gasteiger partial charge in [0.1, 0.15) is 5.82 Å². The maximum atomic E-state index is 14.2. The van der Waals surface area contributed by atoms with Crippen LogP contribution in [0.5, 0.6) is 0 Å². The lowest BCUT2D eigenvalue weighted by Gasteiger charge is -2.17. The first kappa shape index (κ1) is 20.8. The summed E-state index contributed by atoms with van der Waals surface area (Å²) in [5.74, 6) is -3.08. The van der Waals surface area contributed by atoms with E-state index in [0.29, 0.717) is 11.3 Å². The van der Waals surface area contributed by atoms with Crippen LogP contribution in [0.3, 0.4) is 0 Å². The number of nitrogens with zero attached hydrogens (tertiary/aromatic N) is 2. The van der Waals surface area contributed by atoms with Crippen LogP contribution in [0, 0.1) is 12.3 Å². The van der Waals surface area contributed by atoms with Gasteiger partial charge < -0.3 is 16.0 Å². The van der Waals surface area contributed by atoms with E-state index < -0.39 is 18.5 Å². The molecule has 9 heteroatoms. The van der Waals surface area contributed by atoms with Crippen molar-refractivity contribution >= 4 is 29.4 Å². The van der Waals surface area contributed by atoms with Gasteiger partial charge in [0.05, 0.1) is 18.4 Å². The molecule has 0 aliphatic rings. The zero-order valence-electron chi connectivity index (χ0n) is 16.1. The first-order valence-corrected chi connectivity index (χ1v) is 9.06. The molecule has 0 unspecified atom stereocenters. The summed E-state index contributed by atoms with van der Waals surface area (Å²) in [4.78, 5) is 20.3. The Labute approximate surface area is 172 Å². The second kappa shape index (κ2) is 9.08. The Morgan fingerprint density at radius 3 is 2.63 bits per heavy atom. The number of amides is 2. The Morgan fingerprint density at radius 1 is 1.17 bits per heavy atom. The molecule has 0 bridgehead atoms. The van der Waals surface area contributed by atoms with Crippen molar-refractivity contribution in [3.8, 4) is 0 Å². The molecule has 1 aromatic carbocycles. The lowest BCUT2D eigenvalue weighted by molar-refractivity contribution is -0.0000849. The van der Waals surface area contributed by atoms with E-state index in [1.165, 1.54) is 36.5 Å². The lowest BCUT2D eigenvalue weighted by atomic mass is 10.1. The highest BCUT2D eigenvalue weighted by molar-refractivity contribution is 5.92. The predicted octanol–water partition coefficient (Wildman–Crippen LogP) is 4.44.